The largest absolute Gasteiger partial charge is 0.494 e. The number of nitrogens with zero attached hydrogens (tertiary/aromatic N) is 2. The van der Waals surface area contributed by atoms with Crippen LogP contribution < -0.4 is 16.0 Å². The number of halogens is 3. The van der Waals surface area contributed by atoms with Gasteiger partial charge in [-0.25, -0.2) is 4.79 Å². The van der Waals surface area contributed by atoms with Crippen molar-refractivity contribution in [2.45, 2.75) is 6.18 Å². The zero-order chi connectivity index (χ0) is 18.9. The second-order valence-electron chi connectivity index (χ2n) is 5.20. The third kappa shape index (κ3) is 3.43. The number of nitrogens with one attached hydrogen (secondary N) is 4. The maximum absolute atomic E-state index is 13.4. The van der Waals surface area contributed by atoms with Gasteiger partial charge in [0.1, 0.15) is 5.69 Å². The van der Waals surface area contributed by atoms with Crippen LogP contribution in [0.25, 0.3) is 11.3 Å². The summed E-state index contributed by atoms with van der Waals surface area (Å²) in [6.07, 6.45) is -3.50. The molecule has 2 heterocycles. The molecule has 0 aliphatic carbocycles. The standard InChI is InChI=1S/C14H11F3N6O3/c15-14(16,17)8-3-6(10-5-19-23-22-10)1-2-9(8)20-11(24)7-4-18-13(26)21-12(7)25/h1-3,5,25H,4H2,(H,20,24)(H2,18,21,26)(H,19,22,23). The number of anilines is 1. The Kier molecular flexibility index (Phi) is 4.24. The lowest BCUT2D eigenvalue weighted by molar-refractivity contribution is -0.136. The van der Waals surface area contributed by atoms with E-state index in [-0.39, 0.29) is 23.4 Å². The zero-order valence-corrected chi connectivity index (χ0v) is 12.8. The maximum atomic E-state index is 13.4. The number of aliphatic hydroxyl groups excluding tert-OH is 1. The highest BCUT2D eigenvalue weighted by molar-refractivity contribution is 6.06. The van der Waals surface area contributed by atoms with Crippen molar-refractivity contribution in [3.63, 3.8) is 0 Å². The highest BCUT2D eigenvalue weighted by Crippen LogP contribution is 2.37. The lowest BCUT2D eigenvalue weighted by atomic mass is 10.1. The fourth-order valence-electron chi connectivity index (χ4n) is 2.25. The summed E-state index contributed by atoms with van der Waals surface area (Å²) in [6.45, 7) is -0.331. The number of carbonyl (C=O) groups excluding carboxylic acids is 2. The smallest absolute Gasteiger partial charge is 0.418 e. The van der Waals surface area contributed by atoms with Crippen LogP contribution in [0.3, 0.4) is 0 Å². The molecule has 0 saturated carbocycles. The second kappa shape index (κ2) is 6.38. The number of hydrogen-bond donors (Lipinski definition) is 5. The molecule has 0 unspecified atom stereocenters. The van der Waals surface area contributed by atoms with Crippen molar-refractivity contribution in [3.8, 4) is 11.3 Å². The van der Waals surface area contributed by atoms with E-state index in [0.717, 1.165) is 12.1 Å². The topological polar surface area (TPSA) is 132 Å². The van der Waals surface area contributed by atoms with Crippen LogP contribution in [0.4, 0.5) is 23.7 Å². The van der Waals surface area contributed by atoms with Crippen molar-refractivity contribution in [3.05, 3.63) is 41.4 Å². The molecule has 0 fully saturated rings. The predicted molar refractivity (Wildman–Crippen MR) is 81.6 cm³/mol. The highest BCUT2D eigenvalue weighted by Gasteiger charge is 2.35. The Bertz CT molecular complexity index is 892. The number of rotatable bonds is 3. The molecular weight excluding hydrogens is 357 g/mol. The van der Waals surface area contributed by atoms with Gasteiger partial charge in [-0.2, -0.15) is 28.6 Å². The molecule has 0 saturated heterocycles. The summed E-state index contributed by atoms with van der Waals surface area (Å²) in [5.41, 5.74) is -1.56. The summed E-state index contributed by atoms with van der Waals surface area (Å²) in [5.74, 6) is -1.71. The molecule has 3 rings (SSSR count). The van der Waals surface area contributed by atoms with Gasteiger partial charge in [-0.3, -0.25) is 10.1 Å². The molecular formula is C14H11F3N6O3. The molecule has 1 aliphatic rings. The van der Waals surface area contributed by atoms with Crippen LogP contribution in [0.2, 0.25) is 0 Å². The average Bonchev–Trinajstić information content (AvgIpc) is 3.08. The first-order valence-electron chi connectivity index (χ1n) is 7.11. The van der Waals surface area contributed by atoms with Crippen molar-refractivity contribution in [2.75, 3.05) is 11.9 Å². The minimum atomic E-state index is -4.75. The highest BCUT2D eigenvalue weighted by atomic mass is 19.4. The van der Waals surface area contributed by atoms with Gasteiger partial charge in [0.25, 0.3) is 5.91 Å². The summed E-state index contributed by atoms with van der Waals surface area (Å²) in [5, 5.41) is 25.4. The van der Waals surface area contributed by atoms with Crippen molar-refractivity contribution in [1.82, 2.24) is 26.0 Å². The molecule has 136 valence electrons. The van der Waals surface area contributed by atoms with E-state index in [1.165, 1.54) is 12.3 Å². The third-order valence-corrected chi connectivity index (χ3v) is 3.50. The maximum Gasteiger partial charge on any atom is 0.418 e. The molecule has 1 aromatic carbocycles. The van der Waals surface area contributed by atoms with Gasteiger partial charge < -0.3 is 15.7 Å². The Labute approximate surface area is 143 Å². The van der Waals surface area contributed by atoms with E-state index >= 15 is 0 Å². The van der Waals surface area contributed by atoms with Crippen LogP contribution in [0.5, 0.6) is 0 Å². The van der Waals surface area contributed by atoms with Crippen molar-refractivity contribution >= 4 is 17.6 Å². The summed E-state index contributed by atoms with van der Waals surface area (Å²) < 4.78 is 40.1. The van der Waals surface area contributed by atoms with Crippen LogP contribution in [-0.4, -0.2) is 39.0 Å². The van der Waals surface area contributed by atoms with E-state index < -0.39 is 35.2 Å². The minimum absolute atomic E-state index is 0.151. The number of carbonyl (C=O) groups is 2. The van der Waals surface area contributed by atoms with Crippen LogP contribution in [0, 0.1) is 0 Å². The van der Waals surface area contributed by atoms with E-state index in [2.05, 4.69) is 26.0 Å². The molecule has 2 aromatic rings. The first kappa shape index (κ1) is 17.3. The summed E-state index contributed by atoms with van der Waals surface area (Å²) in [6, 6.07) is 2.49. The summed E-state index contributed by atoms with van der Waals surface area (Å²) in [4.78, 5) is 23.2. The first-order chi connectivity index (χ1) is 12.3. The Morgan fingerprint density at radius 1 is 1.31 bits per heavy atom. The second-order valence-corrected chi connectivity index (χ2v) is 5.20. The summed E-state index contributed by atoms with van der Waals surface area (Å²) >= 11 is 0. The minimum Gasteiger partial charge on any atom is -0.494 e. The summed E-state index contributed by atoms with van der Waals surface area (Å²) in [7, 11) is 0. The number of alkyl halides is 3. The molecule has 0 spiro atoms. The number of urea groups is 1. The Morgan fingerprint density at radius 2 is 2.08 bits per heavy atom. The molecule has 0 radical (unpaired) electrons. The predicted octanol–water partition coefficient (Wildman–Crippen LogP) is 1.51. The number of aromatic nitrogens is 3. The number of hydrogen-bond acceptors (Lipinski definition) is 5. The lowest BCUT2D eigenvalue weighted by Gasteiger charge is -2.19. The van der Waals surface area contributed by atoms with Crippen LogP contribution in [0.15, 0.2) is 35.9 Å². The molecule has 3 amide bonds. The fourth-order valence-corrected chi connectivity index (χ4v) is 2.25. The van der Waals surface area contributed by atoms with E-state index in [9.17, 15) is 27.9 Å². The Morgan fingerprint density at radius 3 is 2.69 bits per heavy atom. The fraction of sp³-hybridized carbons (Fsp3) is 0.143. The van der Waals surface area contributed by atoms with Crippen molar-refractivity contribution in [1.29, 1.82) is 0 Å². The lowest BCUT2D eigenvalue weighted by Crippen LogP contribution is -2.44. The van der Waals surface area contributed by atoms with Gasteiger partial charge in [-0.1, -0.05) is 6.07 Å². The molecule has 12 heteroatoms. The van der Waals surface area contributed by atoms with Crippen LogP contribution >= 0.6 is 0 Å². The zero-order valence-electron chi connectivity index (χ0n) is 12.8. The number of aliphatic hydroxyl groups is 1. The van der Waals surface area contributed by atoms with Gasteiger partial charge in [-0.15, -0.1) is 0 Å². The van der Waals surface area contributed by atoms with Crippen molar-refractivity contribution in [2.24, 2.45) is 0 Å². The Balaban J connectivity index is 1.93. The average molecular weight is 368 g/mol. The SMILES string of the molecule is O=C1NCC(C(=O)Nc2ccc(-c3cn[nH]n3)cc2C(F)(F)F)=C(O)N1. The van der Waals surface area contributed by atoms with Gasteiger partial charge >= 0.3 is 12.2 Å². The van der Waals surface area contributed by atoms with Gasteiger partial charge in [-0.05, 0) is 12.1 Å². The van der Waals surface area contributed by atoms with Gasteiger partial charge in [0.05, 0.1) is 29.6 Å². The molecule has 9 nitrogen and oxygen atoms in total. The van der Waals surface area contributed by atoms with E-state index in [4.69, 9.17) is 0 Å². The third-order valence-electron chi connectivity index (χ3n) is 3.50. The van der Waals surface area contributed by atoms with Gasteiger partial charge in [0, 0.05) is 5.56 Å². The van der Waals surface area contributed by atoms with Crippen LogP contribution in [0.1, 0.15) is 5.56 Å². The first-order valence-corrected chi connectivity index (χ1v) is 7.11. The number of H-pyrrole nitrogens is 1. The van der Waals surface area contributed by atoms with E-state index in [1.807, 2.05) is 5.32 Å². The van der Waals surface area contributed by atoms with Crippen LogP contribution in [-0.2, 0) is 11.0 Å². The number of amides is 3. The quantitative estimate of drug-likeness (QED) is 0.560. The number of aromatic amines is 1. The van der Waals surface area contributed by atoms with E-state index in [0.29, 0.717) is 0 Å². The number of benzene rings is 1. The molecule has 1 aliphatic heterocycles. The molecule has 0 bridgehead atoms. The molecule has 26 heavy (non-hydrogen) atoms. The monoisotopic (exact) mass is 368 g/mol. The molecule has 0 atom stereocenters. The normalized spacial score (nSPS) is 14.7. The van der Waals surface area contributed by atoms with Gasteiger partial charge in [0.15, 0.2) is 0 Å². The van der Waals surface area contributed by atoms with E-state index in [1.54, 1.807) is 0 Å². The van der Waals surface area contributed by atoms with Crippen molar-refractivity contribution < 1.29 is 27.9 Å². The Hall–Kier alpha value is -3.57. The molecule has 1 aromatic heterocycles. The molecule has 5 N–H and O–H groups in total. The van der Waals surface area contributed by atoms with Gasteiger partial charge in [0.2, 0.25) is 5.88 Å².